The van der Waals surface area contributed by atoms with Crippen molar-refractivity contribution < 1.29 is 23.7 Å². The van der Waals surface area contributed by atoms with Gasteiger partial charge in [-0.3, -0.25) is 0 Å². The molecule has 0 aliphatic carbocycles. The topological polar surface area (TPSA) is 114 Å². The second-order valence-corrected chi connectivity index (χ2v) is 12.4. The van der Waals surface area contributed by atoms with Gasteiger partial charge in [0.15, 0.2) is 17.6 Å². The van der Waals surface area contributed by atoms with Crippen molar-refractivity contribution in [2.24, 2.45) is 7.05 Å². The third kappa shape index (κ3) is 8.77. The van der Waals surface area contributed by atoms with Crippen LogP contribution >= 0.6 is 11.3 Å². The van der Waals surface area contributed by atoms with Crippen LogP contribution in [0.25, 0.3) is 16.3 Å². The van der Waals surface area contributed by atoms with Gasteiger partial charge in [0.1, 0.15) is 31.0 Å². The largest absolute Gasteiger partial charge is 0.491 e. The van der Waals surface area contributed by atoms with Crippen molar-refractivity contribution in [3.8, 4) is 22.0 Å². The number of hydrogen-bond acceptors (Lipinski definition) is 7. The Bertz CT molecular complexity index is 1810. The Labute approximate surface area is 284 Å². The number of urea groups is 1. The molecule has 3 aromatic carbocycles. The van der Waals surface area contributed by atoms with Crippen LogP contribution < -0.4 is 20.1 Å². The lowest BCUT2D eigenvalue weighted by Crippen LogP contribution is -2.33. The Morgan fingerprint density at radius 3 is 2.58 bits per heavy atom. The summed E-state index contributed by atoms with van der Waals surface area (Å²) >= 11 is 1.60. The van der Waals surface area contributed by atoms with Gasteiger partial charge in [-0.05, 0) is 42.5 Å². The molecule has 48 heavy (non-hydrogen) atoms. The maximum atomic E-state index is 12.1. The van der Waals surface area contributed by atoms with Gasteiger partial charge in [0.05, 0.1) is 23.0 Å². The summed E-state index contributed by atoms with van der Waals surface area (Å²) in [6.07, 6.45) is 4.80. The molecule has 0 spiro atoms. The number of amides is 3. The molecule has 0 bridgehead atoms. The predicted octanol–water partition coefficient (Wildman–Crippen LogP) is 4.87. The molecule has 0 atom stereocenters. The summed E-state index contributed by atoms with van der Waals surface area (Å²) in [5, 5.41) is 13.4. The molecule has 1 aliphatic rings. The molecule has 12 heteroatoms. The van der Waals surface area contributed by atoms with Crippen LogP contribution in [0.5, 0.6) is 5.75 Å². The van der Waals surface area contributed by atoms with Crippen LogP contribution in [-0.4, -0.2) is 64.7 Å². The number of benzene rings is 3. The minimum Gasteiger partial charge on any atom is -0.491 e. The van der Waals surface area contributed by atoms with Crippen LogP contribution in [0.15, 0.2) is 90.4 Å². The van der Waals surface area contributed by atoms with Gasteiger partial charge in [0.25, 0.3) is 0 Å². The highest BCUT2D eigenvalue weighted by Gasteiger charge is 2.21. The smallest absolute Gasteiger partial charge is 0.407 e. The summed E-state index contributed by atoms with van der Waals surface area (Å²) in [5.74, 6) is 0.689. The molecule has 1 saturated heterocycles. The van der Waals surface area contributed by atoms with E-state index in [0.717, 1.165) is 58.9 Å². The molecule has 0 radical (unpaired) electrons. The molecule has 3 amide bonds. The average molecular weight is 667 g/mol. The zero-order valence-electron chi connectivity index (χ0n) is 27.0. The first-order chi connectivity index (χ1) is 23.5. The third-order valence-corrected chi connectivity index (χ3v) is 9.02. The van der Waals surface area contributed by atoms with Crippen LogP contribution in [0, 0.1) is 0 Å². The van der Waals surface area contributed by atoms with E-state index in [1.54, 1.807) is 16.2 Å². The van der Waals surface area contributed by atoms with E-state index in [1.807, 2.05) is 77.2 Å². The van der Waals surface area contributed by atoms with E-state index in [2.05, 4.69) is 40.3 Å². The van der Waals surface area contributed by atoms with Gasteiger partial charge in [-0.15, -0.1) is 20.7 Å². The molecule has 0 unspecified atom stereocenters. The highest BCUT2D eigenvalue weighted by atomic mass is 32.1. The highest BCUT2D eigenvalue weighted by Crippen LogP contribution is 2.34. The van der Waals surface area contributed by atoms with Gasteiger partial charge in [-0.1, -0.05) is 60.7 Å². The number of aromatic nitrogens is 4. The first-order valence-electron chi connectivity index (χ1n) is 16.2. The van der Waals surface area contributed by atoms with E-state index < -0.39 is 6.09 Å². The van der Waals surface area contributed by atoms with Crippen LogP contribution in [0.2, 0.25) is 0 Å². The van der Waals surface area contributed by atoms with E-state index in [9.17, 15) is 9.59 Å². The van der Waals surface area contributed by atoms with Gasteiger partial charge in [0, 0.05) is 37.5 Å². The van der Waals surface area contributed by atoms with Crippen LogP contribution in [0.4, 0.5) is 9.59 Å². The van der Waals surface area contributed by atoms with Crippen molar-refractivity contribution in [2.75, 3.05) is 32.8 Å². The normalized spacial score (nSPS) is 12.6. The number of ether oxygens (including phenoxy) is 2. The number of thiazole rings is 1. The molecule has 2 N–H and O–H groups in total. The Morgan fingerprint density at radius 2 is 1.81 bits per heavy atom. The number of alkyl carbamates (subject to hydrolysis) is 1. The van der Waals surface area contributed by atoms with Gasteiger partial charge in [-0.25, -0.2) is 14.6 Å². The number of aryl methyl sites for hydroxylation is 4. The fourth-order valence-corrected chi connectivity index (χ4v) is 6.33. The maximum absolute atomic E-state index is 12.1. The highest BCUT2D eigenvalue weighted by molar-refractivity contribution is 7.13. The standard InChI is InChI=1S/C36H39N7O4S/c1-41-31(13-8-18-38-36(45)47-25-28-11-6-3-7-12-28)24-43(40-41)30-16-17-32(33(23-30)46-22-21-42-20-19-37-35(42)44)34-39-29(26-48-34)15-14-27-9-4-2-5-10-27/h2-7,9-12,16-17,23-24,26H,8,13-15,18-22,25H2,1H3,(H-,37,38,44,45)/p+1. The van der Waals surface area contributed by atoms with Crippen LogP contribution in [-0.2, 0) is 37.7 Å². The lowest BCUT2D eigenvalue weighted by molar-refractivity contribution is -0.661. The first-order valence-corrected chi connectivity index (χ1v) is 17.1. The predicted molar refractivity (Wildman–Crippen MR) is 183 cm³/mol. The quantitative estimate of drug-likeness (QED) is 0.122. The van der Waals surface area contributed by atoms with E-state index >= 15 is 0 Å². The number of hydrogen-bond donors (Lipinski definition) is 2. The summed E-state index contributed by atoms with van der Waals surface area (Å²) < 4.78 is 15.3. The number of rotatable bonds is 15. The zero-order valence-corrected chi connectivity index (χ0v) is 27.8. The Kier molecular flexibility index (Phi) is 10.9. The average Bonchev–Trinajstić information content (AvgIpc) is 3.86. The molecule has 5 aromatic rings. The minimum absolute atomic E-state index is 0.0635. The lowest BCUT2D eigenvalue weighted by Gasteiger charge is -2.16. The second kappa shape index (κ2) is 16.1. The molecular formula is C36H40N7O4S+. The van der Waals surface area contributed by atoms with E-state index in [0.29, 0.717) is 38.5 Å². The van der Waals surface area contributed by atoms with Crippen LogP contribution in [0.3, 0.4) is 0 Å². The Balaban J connectivity index is 1.10. The molecular weight excluding hydrogens is 627 g/mol. The van der Waals surface area contributed by atoms with Gasteiger partial charge >= 0.3 is 12.1 Å². The molecule has 11 nitrogen and oxygen atoms in total. The van der Waals surface area contributed by atoms with E-state index in [4.69, 9.17) is 19.7 Å². The summed E-state index contributed by atoms with van der Waals surface area (Å²) in [6, 6.07) is 26.0. The Hall–Kier alpha value is -5.23. The molecule has 248 valence electrons. The second-order valence-electron chi connectivity index (χ2n) is 11.5. The summed E-state index contributed by atoms with van der Waals surface area (Å²) in [7, 11) is 1.91. The number of nitrogens with one attached hydrogen (secondary N) is 2. The number of nitrogens with zero attached hydrogens (tertiary/aromatic N) is 5. The Morgan fingerprint density at radius 1 is 1.02 bits per heavy atom. The van der Waals surface area contributed by atoms with Crippen molar-refractivity contribution >= 4 is 23.5 Å². The maximum Gasteiger partial charge on any atom is 0.407 e. The van der Waals surface area contributed by atoms with Gasteiger partial charge in [-0.2, -0.15) is 0 Å². The molecule has 0 saturated carbocycles. The monoisotopic (exact) mass is 666 g/mol. The molecule has 1 aliphatic heterocycles. The van der Waals surface area contributed by atoms with Crippen molar-refractivity contribution in [2.45, 2.75) is 32.3 Å². The molecule has 6 rings (SSSR count). The zero-order chi connectivity index (χ0) is 33.1. The summed E-state index contributed by atoms with van der Waals surface area (Å²) in [4.78, 5) is 30.9. The van der Waals surface area contributed by atoms with Gasteiger partial charge < -0.3 is 25.0 Å². The van der Waals surface area contributed by atoms with Crippen molar-refractivity contribution in [1.82, 2.24) is 30.4 Å². The van der Waals surface area contributed by atoms with E-state index in [1.165, 1.54) is 5.56 Å². The first kappa shape index (κ1) is 32.7. The van der Waals surface area contributed by atoms with Crippen LogP contribution in [0.1, 0.15) is 28.9 Å². The lowest BCUT2D eigenvalue weighted by atomic mass is 10.1. The summed E-state index contributed by atoms with van der Waals surface area (Å²) in [6.45, 7) is 2.90. The minimum atomic E-state index is -0.430. The molecule has 1 fully saturated rings. The van der Waals surface area contributed by atoms with E-state index in [-0.39, 0.29) is 12.6 Å². The van der Waals surface area contributed by atoms with Gasteiger partial charge in [0.2, 0.25) is 0 Å². The fraction of sp³-hybridized carbons (Fsp3) is 0.306. The molecule has 2 aromatic heterocycles. The van der Waals surface area contributed by atoms with Crippen molar-refractivity contribution in [1.29, 1.82) is 0 Å². The third-order valence-electron chi connectivity index (χ3n) is 8.10. The van der Waals surface area contributed by atoms with Crippen molar-refractivity contribution in [3.05, 3.63) is 113 Å². The SMILES string of the molecule is Cn1n[n+](-c2ccc(-c3nc(CCc4ccccc4)cs3)c(OCCN3CCNC3=O)c2)cc1CCCNC(=O)OCc1ccccc1. The number of carbonyl (C=O) groups excluding carboxylic acids is 2. The van der Waals surface area contributed by atoms with Crippen molar-refractivity contribution in [3.63, 3.8) is 0 Å². The number of carbonyl (C=O) groups is 2. The fourth-order valence-electron chi connectivity index (χ4n) is 5.44. The molecule has 3 heterocycles. The summed E-state index contributed by atoms with van der Waals surface area (Å²) in [5.41, 5.74) is 6.05.